The molecule has 2 fully saturated rings. The normalized spacial score (nSPS) is 21.5. The third-order valence-corrected chi connectivity index (χ3v) is 5.95. The summed E-state index contributed by atoms with van der Waals surface area (Å²) in [5, 5.41) is 7.33. The summed E-state index contributed by atoms with van der Waals surface area (Å²) in [6.07, 6.45) is 5.48. The van der Waals surface area contributed by atoms with Crippen LogP contribution in [0.15, 0.2) is 30.7 Å². The Morgan fingerprint density at radius 1 is 0.967 bits per heavy atom. The van der Waals surface area contributed by atoms with Crippen molar-refractivity contribution in [2.24, 2.45) is 0 Å². The molecule has 2 saturated heterocycles. The second kappa shape index (κ2) is 7.91. The Hall–Kier alpha value is -2.61. The van der Waals surface area contributed by atoms with Gasteiger partial charge in [0.25, 0.3) is 0 Å². The Morgan fingerprint density at radius 3 is 2.27 bits per heavy atom. The third kappa shape index (κ3) is 4.59. The largest absolute Gasteiger partial charge is 0.393 e. The molecule has 4 rings (SSSR count). The second-order valence-corrected chi connectivity index (χ2v) is 9.76. The summed E-state index contributed by atoms with van der Waals surface area (Å²) in [5.41, 5.74) is 7.30. The Balaban J connectivity index is 1.45. The van der Waals surface area contributed by atoms with E-state index in [2.05, 4.69) is 69.1 Å². The Morgan fingerprint density at radius 2 is 1.63 bits per heavy atom. The van der Waals surface area contributed by atoms with E-state index in [0.29, 0.717) is 11.7 Å². The maximum atomic E-state index is 6.54. The van der Waals surface area contributed by atoms with Gasteiger partial charge in [-0.25, -0.2) is 15.0 Å². The van der Waals surface area contributed by atoms with Crippen LogP contribution < -0.4 is 26.2 Å². The number of hydrogen-bond donors (Lipinski definition) is 3. The second-order valence-electron chi connectivity index (χ2n) is 9.76. The molecule has 2 aliphatic rings. The minimum Gasteiger partial charge on any atom is -0.393 e. The van der Waals surface area contributed by atoms with Gasteiger partial charge in [-0.3, -0.25) is 0 Å². The molecule has 8 heteroatoms. The lowest BCUT2D eigenvalue weighted by atomic mass is 9.79. The number of pyridine rings is 1. The van der Waals surface area contributed by atoms with E-state index in [1.165, 1.54) is 0 Å². The monoisotopic (exact) mass is 410 g/mol. The molecule has 4 heterocycles. The number of rotatable bonds is 4. The number of nitrogens with two attached hydrogens (primary N) is 1. The van der Waals surface area contributed by atoms with Crippen molar-refractivity contribution in [3.8, 4) is 0 Å². The summed E-state index contributed by atoms with van der Waals surface area (Å²) >= 11 is 0. The molecule has 0 amide bonds. The first kappa shape index (κ1) is 20.7. The fourth-order valence-corrected chi connectivity index (χ4v) is 5.06. The predicted octanol–water partition coefficient (Wildman–Crippen LogP) is 2.50. The summed E-state index contributed by atoms with van der Waals surface area (Å²) in [6, 6.07) is 6.33. The summed E-state index contributed by atoms with van der Waals surface area (Å²) in [5.74, 6) is 2.58. The maximum Gasteiger partial charge on any atom is 0.157 e. The van der Waals surface area contributed by atoms with E-state index in [1.807, 2.05) is 18.3 Å². The van der Waals surface area contributed by atoms with Crippen molar-refractivity contribution in [2.75, 3.05) is 47.0 Å². The van der Waals surface area contributed by atoms with E-state index in [9.17, 15) is 0 Å². The number of piperazine rings is 1. The van der Waals surface area contributed by atoms with Crippen molar-refractivity contribution in [3.05, 3.63) is 30.7 Å². The molecule has 2 aromatic rings. The lowest BCUT2D eigenvalue weighted by Crippen LogP contribution is -2.60. The number of nitrogen functional groups attached to an aromatic ring is 1. The summed E-state index contributed by atoms with van der Waals surface area (Å²) in [4.78, 5) is 18.0. The van der Waals surface area contributed by atoms with Crippen LogP contribution in [0.5, 0.6) is 0 Å². The van der Waals surface area contributed by atoms with Gasteiger partial charge in [0.1, 0.15) is 17.8 Å². The van der Waals surface area contributed by atoms with Crippen molar-refractivity contribution < 1.29 is 0 Å². The summed E-state index contributed by atoms with van der Waals surface area (Å²) in [7, 11) is 0. The molecule has 0 spiro atoms. The number of anilines is 4. The predicted molar refractivity (Wildman–Crippen MR) is 123 cm³/mol. The maximum absolute atomic E-state index is 6.54. The molecule has 0 radical (unpaired) electrons. The van der Waals surface area contributed by atoms with Gasteiger partial charge in [-0.05, 0) is 52.7 Å². The van der Waals surface area contributed by atoms with Crippen LogP contribution in [-0.2, 0) is 0 Å². The van der Waals surface area contributed by atoms with Gasteiger partial charge >= 0.3 is 0 Å². The molecule has 0 aliphatic carbocycles. The Labute approximate surface area is 179 Å². The Kier molecular flexibility index (Phi) is 5.44. The molecule has 30 heavy (non-hydrogen) atoms. The highest BCUT2D eigenvalue weighted by atomic mass is 15.3. The summed E-state index contributed by atoms with van der Waals surface area (Å²) in [6.45, 7) is 12.5. The van der Waals surface area contributed by atoms with Crippen LogP contribution in [-0.4, -0.2) is 58.3 Å². The number of hydrogen-bond acceptors (Lipinski definition) is 8. The highest BCUT2D eigenvalue weighted by Crippen LogP contribution is 2.33. The van der Waals surface area contributed by atoms with Gasteiger partial charge in [0.05, 0.1) is 0 Å². The van der Waals surface area contributed by atoms with Crippen LogP contribution in [0.3, 0.4) is 0 Å². The first-order chi connectivity index (χ1) is 14.2. The van der Waals surface area contributed by atoms with Crippen LogP contribution in [0, 0.1) is 0 Å². The molecule has 0 atom stereocenters. The van der Waals surface area contributed by atoms with Gasteiger partial charge in [-0.1, -0.05) is 6.07 Å². The molecule has 162 valence electrons. The van der Waals surface area contributed by atoms with Crippen molar-refractivity contribution in [1.82, 2.24) is 20.3 Å². The molecule has 0 aromatic carbocycles. The van der Waals surface area contributed by atoms with E-state index in [0.717, 1.165) is 56.5 Å². The van der Waals surface area contributed by atoms with Gasteiger partial charge < -0.3 is 26.2 Å². The summed E-state index contributed by atoms with van der Waals surface area (Å²) < 4.78 is 0. The average Bonchev–Trinajstić information content (AvgIpc) is 2.68. The molecule has 4 N–H and O–H groups in total. The molecule has 0 unspecified atom stereocenters. The van der Waals surface area contributed by atoms with Gasteiger partial charge in [-0.2, -0.15) is 0 Å². The highest BCUT2D eigenvalue weighted by molar-refractivity contribution is 5.75. The molecular weight excluding hydrogens is 376 g/mol. The van der Waals surface area contributed by atoms with Gasteiger partial charge in [-0.15, -0.1) is 0 Å². The first-order valence-electron chi connectivity index (χ1n) is 10.8. The first-order valence-corrected chi connectivity index (χ1v) is 10.8. The standard InChI is InChI=1S/C22H34N8/c1-21(2)13-16(14-22(3,4)28-21)27-19-18(23)20(26-15-25-19)30-11-9-29(10-12-30)17-7-5-6-8-24-17/h5-8,15-16,28H,9-14,23H2,1-4H3,(H,25,26,27). The van der Waals surface area contributed by atoms with E-state index >= 15 is 0 Å². The van der Waals surface area contributed by atoms with Crippen molar-refractivity contribution in [1.29, 1.82) is 0 Å². The topological polar surface area (TPSA) is 95.2 Å². The van der Waals surface area contributed by atoms with Gasteiger partial charge in [0, 0.05) is 49.5 Å². The minimum absolute atomic E-state index is 0.0614. The van der Waals surface area contributed by atoms with Gasteiger partial charge in [0.15, 0.2) is 11.6 Å². The van der Waals surface area contributed by atoms with Crippen LogP contribution in [0.1, 0.15) is 40.5 Å². The van der Waals surface area contributed by atoms with Crippen LogP contribution in [0.2, 0.25) is 0 Å². The quantitative estimate of drug-likeness (QED) is 0.708. The fourth-order valence-electron chi connectivity index (χ4n) is 5.06. The fraction of sp³-hybridized carbons (Fsp3) is 0.591. The van der Waals surface area contributed by atoms with E-state index in [1.54, 1.807) is 6.33 Å². The van der Waals surface area contributed by atoms with Gasteiger partial charge in [0.2, 0.25) is 0 Å². The number of piperidine rings is 1. The smallest absolute Gasteiger partial charge is 0.157 e. The molecule has 0 bridgehead atoms. The lowest BCUT2D eigenvalue weighted by Gasteiger charge is -2.46. The zero-order valence-corrected chi connectivity index (χ0v) is 18.5. The average molecular weight is 411 g/mol. The third-order valence-electron chi connectivity index (χ3n) is 5.95. The van der Waals surface area contributed by atoms with E-state index in [-0.39, 0.29) is 11.1 Å². The zero-order chi connectivity index (χ0) is 21.4. The molecule has 2 aromatic heterocycles. The molecule has 0 saturated carbocycles. The zero-order valence-electron chi connectivity index (χ0n) is 18.5. The number of nitrogens with one attached hydrogen (secondary N) is 2. The van der Waals surface area contributed by atoms with Crippen molar-refractivity contribution in [2.45, 2.75) is 57.7 Å². The van der Waals surface area contributed by atoms with Crippen LogP contribution >= 0.6 is 0 Å². The SMILES string of the molecule is CC1(C)CC(Nc2ncnc(N3CCN(c4ccccn4)CC3)c2N)CC(C)(C)N1. The van der Waals surface area contributed by atoms with E-state index < -0.39 is 0 Å². The highest BCUT2D eigenvalue weighted by Gasteiger charge is 2.38. The molecule has 8 nitrogen and oxygen atoms in total. The van der Waals surface area contributed by atoms with Crippen LogP contribution in [0.4, 0.5) is 23.1 Å². The molecular formula is C22H34N8. The number of nitrogens with zero attached hydrogens (tertiary/aromatic N) is 5. The van der Waals surface area contributed by atoms with Crippen molar-refractivity contribution in [3.63, 3.8) is 0 Å². The minimum atomic E-state index is 0.0614. The molecule has 2 aliphatic heterocycles. The van der Waals surface area contributed by atoms with E-state index in [4.69, 9.17) is 5.73 Å². The lowest BCUT2D eigenvalue weighted by molar-refractivity contribution is 0.170. The number of aromatic nitrogens is 3. The van der Waals surface area contributed by atoms with Crippen molar-refractivity contribution >= 4 is 23.1 Å². The Bertz CT molecular complexity index is 843. The van der Waals surface area contributed by atoms with Crippen LogP contribution in [0.25, 0.3) is 0 Å².